The molecule has 0 heterocycles. The summed E-state index contributed by atoms with van der Waals surface area (Å²) in [6.45, 7) is 4.20. The Morgan fingerprint density at radius 2 is 1.74 bits per heavy atom. The molecule has 0 spiro atoms. The summed E-state index contributed by atoms with van der Waals surface area (Å²) >= 11 is 0. The molecule has 2 aromatic carbocycles. The minimum Gasteiger partial charge on any atom is -0.494 e. The number of esters is 1. The highest BCUT2D eigenvalue weighted by molar-refractivity contribution is 6.04. The van der Waals surface area contributed by atoms with Crippen LogP contribution in [0, 0.1) is 0 Å². The predicted octanol–water partition coefficient (Wildman–Crippen LogP) is 3.65. The first-order valence-corrected chi connectivity index (χ1v) is 7.47. The molecule has 5 nitrogen and oxygen atoms in total. The van der Waals surface area contributed by atoms with E-state index in [0.717, 1.165) is 5.75 Å². The van der Waals surface area contributed by atoms with Gasteiger partial charge in [-0.2, -0.15) is 0 Å². The number of nitrogens with one attached hydrogen (secondary N) is 1. The van der Waals surface area contributed by atoms with Crippen molar-refractivity contribution < 1.29 is 19.1 Å². The van der Waals surface area contributed by atoms with Gasteiger partial charge in [-0.25, -0.2) is 0 Å². The average molecular weight is 313 g/mol. The standard InChI is InChI=1S/C18H19NO4/c1-3-17(20)23-16-7-5-6-14(12-16)19-18(21)13-8-10-15(11-9-13)22-4-2/h5-12H,3-4H2,1-2H3,(H,19,21). The number of anilines is 1. The Balaban J connectivity index is 2.04. The number of hydrogen-bond donors (Lipinski definition) is 1. The molecule has 0 saturated carbocycles. The third-order valence-electron chi connectivity index (χ3n) is 3.04. The largest absolute Gasteiger partial charge is 0.494 e. The molecular formula is C18H19NO4. The summed E-state index contributed by atoms with van der Waals surface area (Å²) in [7, 11) is 0. The Morgan fingerprint density at radius 3 is 2.39 bits per heavy atom. The topological polar surface area (TPSA) is 64.6 Å². The molecule has 1 N–H and O–H groups in total. The quantitative estimate of drug-likeness (QED) is 0.653. The highest BCUT2D eigenvalue weighted by Gasteiger charge is 2.08. The van der Waals surface area contributed by atoms with Gasteiger partial charge in [0.25, 0.3) is 5.91 Å². The molecule has 2 rings (SSSR count). The molecule has 0 radical (unpaired) electrons. The number of benzene rings is 2. The van der Waals surface area contributed by atoms with Gasteiger partial charge in [-0.15, -0.1) is 0 Å². The van der Waals surface area contributed by atoms with Gasteiger partial charge in [0.1, 0.15) is 11.5 Å². The first kappa shape index (κ1) is 16.5. The fraction of sp³-hybridized carbons (Fsp3) is 0.222. The minimum absolute atomic E-state index is 0.244. The number of carbonyl (C=O) groups is 2. The molecule has 23 heavy (non-hydrogen) atoms. The van der Waals surface area contributed by atoms with E-state index in [1.54, 1.807) is 55.5 Å². The summed E-state index contributed by atoms with van der Waals surface area (Å²) in [5.41, 5.74) is 1.08. The second-order valence-corrected chi connectivity index (χ2v) is 4.77. The Labute approximate surface area is 135 Å². The monoisotopic (exact) mass is 313 g/mol. The highest BCUT2D eigenvalue weighted by Crippen LogP contribution is 2.19. The maximum Gasteiger partial charge on any atom is 0.310 e. The number of amides is 1. The molecular weight excluding hydrogens is 294 g/mol. The molecule has 1 amide bonds. The van der Waals surface area contributed by atoms with E-state index >= 15 is 0 Å². The van der Waals surface area contributed by atoms with E-state index < -0.39 is 0 Å². The van der Waals surface area contributed by atoms with E-state index in [4.69, 9.17) is 9.47 Å². The molecule has 0 aliphatic rings. The van der Waals surface area contributed by atoms with Crippen LogP contribution < -0.4 is 14.8 Å². The maximum atomic E-state index is 12.2. The van der Waals surface area contributed by atoms with Gasteiger partial charge in [-0.3, -0.25) is 9.59 Å². The van der Waals surface area contributed by atoms with Gasteiger partial charge in [0.15, 0.2) is 0 Å². The Bertz CT molecular complexity index is 680. The number of ether oxygens (including phenoxy) is 2. The lowest BCUT2D eigenvalue weighted by Crippen LogP contribution is -2.12. The molecule has 0 fully saturated rings. The van der Waals surface area contributed by atoms with E-state index in [2.05, 4.69) is 5.32 Å². The second kappa shape index (κ2) is 7.98. The molecule has 2 aromatic rings. The predicted molar refractivity (Wildman–Crippen MR) is 87.9 cm³/mol. The molecule has 0 saturated heterocycles. The molecule has 0 bridgehead atoms. The van der Waals surface area contributed by atoms with Crippen molar-refractivity contribution in [1.29, 1.82) is 0 Å². The molecule has 0 unspecified atom stereocenters. The molecule has 0 aliphatic heterocycles. The van der Waals surface area contributed by atoms with Crippen LogP contribution in [0.25, 0.3) is 0 Å². The van der Waals surface area contributed by atoms with Gasteiger partial charge in [-0.1, -0.05) is 13.0 Å². The second-order valence-electron chi connectivity index (χ2n) is 4.77. The van der Waals surface area contributed by atoms with Gasteiger partial charge in [0.2, 0.25) is 0 Å². The lowest BCUT2D eigenvalue weighted by Gasteiger charge is -2.08. The van der Waals surface area contributed by atoms with Crippen molar-refractivity contribution in [2.45, 2.75) is 20.3 Å². The summed E-state index contributed by atoms with van der Waals surface area (Å²) in [5, 5.41) is 2.77. The third kappa shape index (κ3) is 4.85. The van der Waals surface area contributed by atoms with Crippen LogP contribution in [0.5, 0.6) is 11.5 Å². The zero-order valence-electron chi connectivity index (χ0n) is 13.2. The van der Waals surface area contributed by atoms with Gasteiger partial charge in [0, 0.05) is 23.7 Å². The Kier molecular flexibility index (Phi) is 5.74. The van der Waals surface area contributed by atoms with Crippen LogP contribution in [0.3, 0.4) is 0 Å². The summed E-state index contributed by atoms with van der Waals surface area (Å²) in [6.07, 6.45) is 0.294. The molecule has 120 valence electrons. The zero-order valence-corrected chi connectivity index (χ0v) is 13.2. The van der Waals surface area contributed by atoms with Crippen LogP contribution in [0.4, 0.5) is 5.69 Å². The third-order valence-corrected chi connectivity index (χ3v) is 3.04. The normalized spacial score (nSPS) is 10.0. The zero-order chi connectivity index (χ0) is 16.7. The SMILES string of the molecule is CCOc1ccc(C(=O)Nc2cccc(OC(=O)CC)c2)cc1. The number of rotatable bonds is 6. The van der Waals surface area contributed by atoms with Crippen LogP contribution in [0.1, 0.15) is 30.6 Å². The van der Waals surface area contributed by atoms with Crippen molar-refractivity contribution in [3.05, 3.63) is 54.1 Å². The van der Waals surface area contributed by atoms with E-state index in [-0.39, 0.29) is 11.9 Å². The van der Waals surface area contributed by atoms with Gasteiger partial charge in [0.05, 0.1) is 6.61 Å². The minimum atomic E-state index is -0.319. The number of carbonyl (C=O) groups excluding carboxylic acids is 2. The smallest absolute Gasteiger partial charge is 0.310 e. The first-order chi connectivity index (χ1) is 11.1. The van der Waals surface area contributed by atoms with Crippen molar-refractivity contribution in [3.63, 3.8) is 0 Å². The van der Waals surface area contributed by atoms with E-state index in [1.165, 1.54) is 0 Å². The summed E-state index contributed by atoms with van der Waals surface area (Å²) in [6, 6.07) is 13.6. The van der Waals surface area contributed by atoms with Crippen LogP contribution in [-0.4, -0.2) is 18.5 Å². The Morgan fingerprint density at radius 1 is 1.00 bits per heavy atom. The lowest BCUT2D eigenvalue weighted by atomic mass is 10.2. The van der Waals surface area contributed by atoms with E-state index in [1.807, 2.05) is 6.92 Å². The van der Waals surface area contributed by atoms with Crippen molar-refractivity contribution in [2.75, 3.05) is 11.9 Å². The van der Waals surface area contributed by atoms with E-state index in [0.29, 0.717) is 30.0 Å². The summed E-state index contributed by atoms with van der Waals surface area (Å²) in [5.74, 6) is 0.561. The molecule has 5 heteroatoms. The molecule has 0 atom stereocenters. The van der Waals surface area contributed by atoms with E-state index in [9.17, 15) is 9.59 Å². The molecule has 0 aliphatic carbocycles. The highest BCUT2D eigenvalue weighted by atomic mass is 16.5. The fourth-order valence-corrected chi connectivity index (χ4v) is 1.91. The van der Waals surface area contributed by atoms with Crippen molar-refractivity contribution >= 4 is 17.6 Å². The van der Waals surface area contributed by atoms with Crippen LogP contribution in [-0.2, 0) is 4.79 Å². The van der Waals surface area contributed by atoms with Gasteiger partial charge in [-0.05, 0) is 43.3 Å². The van der Waals surface area contributed by atoms with Crippen LogP contribution in [0.2, 0.25) is 0 Å². The van der Waals surface area contributed by atoms with Crippen molar-refractivity contribution in [3.8, 4) is 11.5 Å². The molecule has 0 aromatic heterocycles. The number of hydrogen-bond acceptors (Lipinski definition) is 4. The first-order valence-electron chi connectivity index (χ1n) is 7.47. The average Bonchev–Trinajstić information content (AvgIpc) is 2.56. The summed E-state index contributed by atoms with van der Waals surface area (Å²) < 4.78 is 10.5. The van der Waals surface area contributed by atoms with Crippen LogP contribution >= 0.6 is 0 Å². The van der Waals surface area contributed by atoms with Crippen LogP contribution in [0.15, 0.2) is 48.5 Å². The summed E-state index contributed by atoms with van der Waals surface area (Å²) in [4.78, 5) is 23.5. The fourth-order valence-electron chi connectivity index (χ4n) is 1.91. The van der Waals surface area contributed by atoms with Gasteiger partial charge >= 0.3 is 5.97 Å². The van der Waals surface area contributed by atoms with Crippen molar-refractivity contribution in [1.82, 2.24) is 0 Å². The maximum absolute atomic E-state index is 12.2. The van der Waals surface area contributed by atoms with Crippen molar-refractivity contribution in [2.24, 2.45) is 0 Å². The van der Waals surface area contributed by atoms with Gasteiger partial charge < -0.3 is 14.8 Å². The Hall–Kier alpha value is -2.82. The lowest BCUT2D eigenvalue weighted by molar-refractivity contribution is -0.134.